The van der Waals surface area contributed by atoms with E-state index in [-0.39, 0.29) is 17.2 Å². The third kappa shape index (κ3) is 5.44. The number of nitrogens with zero attached hydrogens (tertiary/aromatic N) is 3. The van der Waals surface area contributed by atoms with Gasteiger partial charge in [-0.05, 0) is 48.0 Å². The number of hydrogen-bond donors (Lipinski definition) is 3. The van der Waals surface area contributed by atoms with Crippen molar-refractivity contribution in [1.82, 2.24) is 19.9 Å². The van der Waals surface area contributed by atoms with Crippen molar-refractivity contribution >= 4 is 28.9 Å². The molecule has 0 saturated carbocycles. The van der Waals surface area contributed by atoms with Crippen LogP contribution in [-0.4, -0.2) is 20.6 Å². The first-order chi connectivity index (χ1) is 15.9. The van der Waals surface area contributed by atoms with E-state index in [1.165, 1.54) is 10.6 Å². The van der Waals surface area contributed by atoms with Crippen LogP contribution in [0.25, 0.3) is 0 Å². The van der Waals surface area contributed by atoms with Gasteiger partial charge in [0.2, 0.25) is 5.62 Å². The maximum atomic E-state index is 12.4. The summed E-state index contributed by atoms with van der Waals surface area (Å²) in [6.07, 6.45) is 5.07. The van der Waals surface area contributed by atoms with Crippen LogP contribution in [0.5, 0.6) is 5.75 Å². The second-order valence-corrected chi connectivity index (χ2v) is 7.76. The number of hydrogen-bond acceptors (Lipinski definition) is 6. The number of H-pyrrole nitrogens is 2. The summed E-state index contributed by atoms with van der Waals surface area (Å²) < 4.78 is 7.00. The van der Waals surface area contributed by atoms with Gasteiger partial charge in [-0.15, -0.1) is 0 Å². The minimum absolute atomic E-state index is 0.0436. The molecule has 9 nitrogen and oxygen atoms in total. The number of halogens is 2. The van der Waals surface area contributed by atoms with Gasteiger partial charge in [-0.25, -0.2) is 14.6 Å². The zero-order valence-corrected chi connectivity index (χ0v) is 18.4. The summed E-state index contributed by atoms with van der Waals surface area (Å²) in [5, 5.41) is 12.7. The fraction of sp³-hybridized carbons (Fsp3) is 0.0909. The SMILES string of the molecule is N#CC1C=CC=C(Oc2ccc(/N=c3\[nH]c(=O)[nH]c(=O)n3Cc3ccc(Cl)cc3)cc2Cl)N1. The lowest BCUT2D eigenvalue weighted by molar-refractivity contribution is 0.376. The lowest BCUT2D eigenvalue weighted by Crippen LogP contribution is -2.44. The molecule has 4 rings (SSSR count). The van der Waals surface area contributed by atoms with E-state index >= 15 is 0 Å². The topological polar surface area (TPSA) is 128 Å². The van der Waals surface area contributed by atoms with Crippen LogP contribution in [0, 0.1) is 11.3 Å². The van der Waals surface area contributed by atoms with Gasteiger partial charge in [0.25, 0.3) is 0 Å². The van der Waals surface area contributed by atoms with Crippen LogP contribution < -0.4 is 27.1 Å². The lowest BCUT2D eigenvalue weighted by Gasteiger charge is -2.17. The minimum atomic E-state index is -0.687. The molecule has 0 aliphatic carbocycles. The summed E-state index contributed by atoms with van der Waals surface area (Å²) in [6, 6.07) is 13.3. The van der Waals surface area contributed by atoms with Crippen LogP contribution in [0.4, 0.5) is 5.69 Å². The monoisotopic (exact) mass is 482 g/mol. The van der Waals surface area contributed by atoms with Crippen molar-refractivity contribution in [2.45, 2.75) is 12.6 Å². The molecule has 0 fully saturated rings. The predicted molar refractivity (Wildman–Crippen MR) is 123 cm³/mol. The van der Waals surface area contributed by atoms with Gasteiger partial charge in [-0.3, -0.25) is 14.5 Å². The maximum Gasteiger partial charge on any atom is 0.332 e. The molecule has 0 radical (unpaired) electrons. The van der Waals surface area contributed by atoms with Gasteiger partial charge in [0.05, 0.1) is 23.3 Å². The number of rotatable bonds is 5. The lowest BCUT2D eigenvalue weighted by atomic mass is 10.2. The predicted octanol–water partition coefficient (Wildman–Crippen LogP) is 2.72. The molecule has 0 spiro atoms. The standard InChI is InChI=1S/C22H16Cl2N6O3/c23-14-6-4-13(5-7-14)12-30-20(28-21(31)29-22(30)32)27-15-8-9-18(17(24)10-15)33-19-3-1-2-16(11-25)26-19/h1-10,16,26H,12H2,(H2,27,28,29,31,32). The Kier molecular flexibility index (Phi) is 6.49. The highest BCUT2D eigenvalue weighted by Gasteiger charge is 2.12. The number of allylic oxidation sites excluding steroid dienone is 2. The number of dihydropyridines is 1. The fourth-order valence-corrected chi connectivity index (χ4v) is 3.33. The number of benzene rings is 2. The smallest absolute Gasteiger partial charge is 0.332 e. The first kappa shape index (κ1) is 22.2. The highest BCUT2D eigenvalue weighted by atomic mass is 35.5. The van der Waals surface area contributed by atoms with Crippen molar-refractivity contribution in [3.05, 3.63) is 109 Å². The summed E-state index contributed by atoms with van der Waals surface area (Å²) >= 11 is 12.3. The van der Waals surface area contributed by atoms with E-state index in [9.17, 15) is 9.59 Å². The largest absolute Gasteiger partial charge is 0.440 e. The van der Waals surface area contributed by atoms with Crippen molar-refractivity contribution in [3.63, 3.8) is 0 Å². The Bertz CT molecular complexity index is 1480. The normalized spacial score (nSPS) is 15.5. The van der Waals surface area contributed by atoms with Gasteiger partial charge in [-0.2, -0.15) is 5.26 Å². The molecule has 1 aliphatic rings. The number of aromatic amines is 2. The molecule has 1 atom stereocenters. The van der Waals surface area contributed by atoms with E-state index in [0.717, 1.165) is 5.56 Å². The molecular formula is C22H16Cl2N6O3. The fourth-order valence-electron chi connectivity index (χ4n) is 2.99. The molecule has 0 saturated heterocycles. The average molecular weight is 483 g/mol. The first-order valence-corrected chi connectivity index (χ1v) is 10.4. The molecule has 1 unspecified atom stereocenters. The third-order valence-corrected chi connectivity index (χ3v) is 5.11. The number of nitrogens with one attached hydrogen (secondary N) is 3. The Balaban J connectivity index is 1.66. The van der Waals surface area contributed by atoms with Crippen molar-refractivity contribution in [2.75, 3.05) is 0 Å². The van der Waals surface area contributed by atoms with Gasteiger partial charge >= 0.3 is 11.4 Å². The molecule has 0 amide bonds. The first-order valence-electron chi connectivity index (χ1n) is 9.66. The van der Waals surface area contributed by atoms with Crippen molar-refractivity contribution in [1.29, 1.82) is 5.26 Å². The molecular weight excluding hydrogens is 467 g/mol. The number of ether oxygens (including phenoxy) is 1. The summed E-state index contributed by atoms with van der Waals surface area (Å²) in [7, 11) is 0. The molecule has 1 aliphatic heterocycles. The van der Waals surface area contributed by atoms with Gasteiger partial charge < -0.3 is 10.1 Å². The average Bonchev–Trinajstić information content (AvgIpc) is 2.79. The van der Waals surface area contributed by atoms with Crippen molar-refractivity contribution in [2.24, 2.45) is 4.99 Å². The summed E-state index contributed by atoms with van der Waals surface area (Å²) in [5.74, 6) is 0.713. The quantitative estimate of drug-likeness (QED) is 0.514. The van der Waals surface area contributed by atoms with Crippen LogP contribution in [0.2, 0.25) is 10.0 Å². The minimum Gasteiger partial charge on any atom is -0.440 e. The zero-order valence-electron chi connectivity index (χ0n) is 16.9. The maximum absolute atomic E-state index is 12.4. The van der Waals surface area contributed by atoms with E-state index in [1.54, 1.807) is 54.6 Å². The molecule has 1 aromatic heterocycles. The molecule has 2 aromatic carbocycles. The van der Waals surface area contributed by atoms with Crippen molar-refractivity contribution < 1.29 is 4.74 Å². The van der Waals surface area contributed by atoms with E-state index in [2.05, 4.69) is 26.3 Å². The Hall–Kier alpha value is -4.00. The summed E-state index contributed by atoms with van der Waals surface area (Å²) in [5.41, 5.74) is -0.0828. The van der Waals surface area contributed by atoms with Gasteiger partial charge in [0.15, 0.2) is 5.88 Å². The Morgan fingerprint density at radius 2 is 1.91 bits per heavy atom. The zero-order chi connectivity index (χ0) is 23.4. The van der Waals surface area contributed by atoms with Crippen LogP contribution in [0.3, 0.4) is 0 Å². The number of nitriles is 1. The van der Waals surface area contributed by atoms with E-state index in [0.29, 0.717) is 22.3 Å². The van der Waals surface area contributed by atoms with Crippen LogP contribution in [0.1, 0.15) is 5.56 Å². The van der Waals surface area contributed by atoms with Crippen LogP contribution in [-0.2, 0) is 6.54 Å². The van der Waals surface area contributed by atoms with Crippen LogP contribution >= 0.6 is 23.2 Å². The molecule has 3 N–H and O–H groups in total. The van der Waals surface area contributed by atoms with Gasteiger partial charge in [0.1, 0.15) is 11.8 Å². The number of aromatic nitrogens is 3. The Morgan fingerprint density at radius 3 is 2.64 bits per heavy atom. The second kappa shape index (κ2) is 9.65. The molecule has 2 heterocycles. The van der Waals surface area contributed by atoms with E-state index in [1.807, 2.05) is 0 Å². The highest BCUT2D eigenvalue weighted by molar-refractivity contribution is 6.32. The molecule has 33 heavy (non-hydrogen) atoms. The summed E-state index contributed by atoms with van der Waals surface area (Å²) in [4.78, 5) is 33.4. The Morgan fingerprint density at radius 1 is 1.12 bits per heavy atom. The summed E-state index contributed by atoms with van der Waals surface area (Å²) in [6.45, 7) is 0.157. The second-order valence-electron chi connectivity index (χ2n) is 6.92. The van der Waals surface area contributed by atoms with Gasteiger partial charge in [-0.1, -0.05) is 41.4 Å². The van der Waals surface area contributed by atoms with E-state index in [4.69, 9.17) is 33.2 Å². The molecule has 3 aromatic rings. The Labute approximate surface area is 196 Å². The molecule has 11 heteroatoms. The highest BCUT2D eigenvalue weighted by Crippen LogP contribution is 2.30. The third-order valence-electron chi connectivity index (χ3n) is 4.56. The molecule has 0 bridgehead atoms. The van der Waals surface area contributed by atoms with Crippen molar-refractivity contribution in [3.8, 4) is 11.8 Å². The van der Waals surface area contributed by atoms with Crippen LogP contribution in [0.15, 0.2) is 81.2 Å². The van der Waals surface area contributed by atoms with Gasteiger partial charge in [0, 0.05) is 5.02 Å². The van der Waals surface area contributed by atoms with E-state index < -0.39 is 17.4 Å². The molecule has 166 valence electrons.